The van der Waals surface area contributed by atoms with Gasteiger partial charge in [-0.2, -0.15) is 0 Å². The Hall–Kier alpha value is -1.42. The summed E-state index contributed by atoms with van der Waals surface area (Å²) in [7, 11) is 0. The first-order valence-corrected chi connectivity index (χ1v) is 6.71. The van der Waals surface area contributed by atoms with E-state index >= 15 is 0 Å². The molecule has 0 bridgehead atoms. The summed E-state index contributed by atoms with van der Waals surface area (Å²) >= 11 is 6.11. The van der Waals surface area contributed by atoms with E-state index < -0.39 is 11.2 Å². The lowest BCUT2D eigenvalue weighted by atomic mass is 9.76. The van der Waals surface area contributed by atoms with Gasteiger partial charge in [0.15, 0.2) is 0 Å². The highest BCUT2D eigenvalue weighted by atomic mass is 35.5. The molecule has 2 aromatic carbocycles. The van der Waals surface area contributed by atoms with Crippen LogP contribution in [0, 0.1) is 5.82 Å². The van der Waals surface area contributed by atoms with E-state index in [9.17, 15) is 14.6 Å². The van der Waals surface area contributed by atoms with Crippen molar-refractivity contribution in [3.05, 3.63) is 70.5 Å². The number of rotatable bonds is 5. The zero-order valence-corrected chi connectivity index (χ0v) is 11.6. The Kier molecular flexibility index (Phi) is 4.76. The van der Waals surface area contributed by atoms with Gasteiger partial charge in [0.25, 0.3) is 0 Å². The second-order valence-electron chi connectivity index (χ2n) is 4.84. The summed E-state index contributed by atoms with van der Waals surface area (Å²) < 4.78 is 14.0. The minimum absolute atomic E-state index is 0.264. The summed E-state index contributed by atoms with van der Waals surface area (Å²) in [5.74, 6) is -0.442. The van der Waals surface area contributed by atoms with Crippen LogP contribution in [0.15, 0.2) is 48.5 Å². The zero-order chi connectivity index (χ0) is 14.6. The van der Waals surface area contributed by atoms with Gasteiger partial charge in [0.2, 0.25) is 0 Å². The summed E-state index contributed by atoms with van der Waals surface area (Å²) in [4.78, 5) is 0. The van der Waals surface area contributed by atoms with Crippen LogP contribution in [0.3, 0.4) is 0 Å². The summed E-state index contributed by atoms with van der Waals surface area (Å²) in [6.07, 6.45) is 0.264. The van der Waals surface area contributed by atoms with Gasteiger partial charge in [0.1, 0.15) is 5.82 Å². The highest BCUT2D eigenvalue weighted by molar-refractivity contribution is 6.31. The topological polar surface area (TPSA) is 40.5 Å². The van der Waals surface area contributed by atoms with Crippen molar-refractivity contribution in [1.29, 1.82) is 0 Å². The monoisotopic (exact) mass is 294 g/mol. The Morgan fingerprint density at radius 1 is 0.950 bits per heavy atom. The molecular formula is C16H16ClFO2. The number of benzene rings is 2. The molecule has 2 aromatic rings. The van der Waals surface area contributed by atoms with Crippen molar-refractivity contribution in [3.63, 3.8) is 0 Å². The number of aliphatic hydroxyl groups is 2. The number of halogens is 2. The summed E-state index contributed by atoms with van der Waals surface area (Å²) in [5.41, 5.74) is -0.0264. The van der Waals surface area contributed by atoms with E-state index in [2.05, 4.69) is 0 Å². The Morgan fingerprint density at radius 2 is 1.55 bits per heavy atom. The molecule has 2 nitrogen and oxygen atoms in total. The molecule has 2 rings (SSSR count). The molecule has 0 aliphatic carbocycles. The largest absolute Gasteiger partial charge is 0.395 e. The molecule has 0 atom stereocenters. The molecule has 0 saturated heterocycles. The number of aliphatic hydroxyl groups excluding tert-OH is 2. The molecule has 2 N–H and O–H groups in total. The number of hydrogen-bond donors (Lipinski definition) is 2. The third-order valence-electron chi connectivity index (χ3n) is 3.54. The van der Waals surface area contributed by atoms with Gasteiger partial charge in [-0.05, 0) is 29.7 Å². The second-order valence-corrected chi connectivity index (χ2v) is 5.25. The third kappa shape index (κ3) is 2.85. The van der Waals surface area contributed by atoms with Gasteiger partial charge in [0, 0.05) is 10.4 Å². The maximum absolute atomic E-state index is 14.0. The molecule has 20 heavy (non-hydrogen) atoms. The maximum Gasteiger partial charge on any atom is 0.127 e. The standard InChI is InChI=1S/C16H16ClFO2/c17-14-7-3-1-5-12(14)9-16(10-19,11-20)13-6-2-4-8-15(13)18/h1-8,19-20H,9-11H2. The Labute approximate surface area is 122 Å². The summed E-state index contributed by atoms with van der Waals surface area (Å²) in [6, 6.07) is 13.3. The molecule has 0 unspecified atom stereocenters. The van der Waals surface area contributed by atoms with E-state index in [4.69, 9.17) is 11.6 Å². The predicted molar refractivity (Wildman–Crippen MR) is 77.4 cm³/mol. The molecule has 0 aliphatic heterocycles. The van der Waals surface area contributed by atoms with Gasteiger partial charge >= 0.3 is 0 Å². The maximum atomic E-state index is 14.0. The Balaban J connectivity index is 2.46. The van der Waals surface area contributed by atoms with Crippen molar-refractivity contribution in [2.75, 3.05) is 13.2 Å². The van der Waals surface area contributed by atoms with Crippen molar-refractivity contribution in [3.8, 4) is 0 Å². The zero-order valence-electron chi connectivity index (χ0n) is 10.9. The van der Waals surface area contributed by atoms with Crippen LogP contribution in [0.4, 0.5) is 4.39 Å². The fraction of sp³-hybridized carbons (Fsp3) is 0.250. The molecule has 0 aromatic heterocycles. The van der Waals surface area contributed by atoms with E-state index in [0.29, 0.717) is 10.6 Å². The molecule has 0 radical (unpaired) electrons. The van der Waals surface area contributed by atoms with Gasteiger partial charge in [-0.3, -0.25) is 0 Å². The van der Waals surface area contributed by atoms with Crippen molar-refractivity contribution in [2.24, 2.45) is 0 Å². The normalized spacial score (nSPS) is 11.6. The predicted octanol–water partition coefficient (Wildman–Crippen LogP) is 2.94. The lowest BCUT2D eigenvalue weighted by molar-refractivity contribution is 0.113. The molecule has 0 aliphatic rings. The molecule has 0 amide bonds. The van der Waals surface area contributed by atoms with E-state index in [1.54, 1.807) is 30.3 Å². The average Bonchev–Trinajstić information content (AvgIpc) is 2.48. The first-order valence-electron chi connectivity index (χ1n) is 6.33. The van der Waals surface area contributed by atoms with Crippen LogP contribution in [0.1, 0.15) is 11.1 Å². The summed E-state index contributed by atoms with van der Waals surface area (Å²) in [6.45, 7) is -0.731. The average molecular weight is 295 g/mol. The first kappa shape index (κ1) is 15.0. The van der Waals surface area contributed by atoms with E-state index in [-0.39, 0.29) is 19.6 Å². The second kappa shape index (κ2) is 6.35. The fourth-order valence-electron chi connectivity index (χ4n) is 2.32. The molecule has 0 fully saturated rings. The van der Waals surface area contributed by atoms with Crippen LogP contribution in [-0.2, 0) is 11.8 Å². The van der Waals surface area contributed by atoms with Crippen LogP contribution in [0.2, 0.25) is 5.02 Å². The van der Waals surface area contributed by atoms with Crippen LogP contribution < -0.4 is 0 Å². The Bertz CT molecular complexity index is 582. The number of hydrogen-bond acceptors (Lipinski definition) is 2. The molecule has 0 spiro atoms. The SMILES string of the molecule is OCC(CO)(Cc1ccccc1Cl)c1ccccc1F. The molecule has 106 valence electrons. The van der Waals surface area contributed by atoms with Gasteiger partial charge < -0.3 is 10.2 Å². The van der Waals surface area contributed by atoms with Crippen LogP contribution >= 0.6 is 11.6 Å². The molecular weight excluding hydrogens is 279 g/mol. The summed E-state index contributed by atoms with van der Waals surface area (Å²) in [5, 5.41) is 20.0. The lowest BCUT2D eigenvalue weighted by Gasteiger charge is -2.31. The van der Waals surface area contributed by atoms with E-state index in [1.807, 2.05) is 12.1 Å². The van der Waals surface area contributed by atoms with Crippen LogP contribution in [0.5, 0.6) is 0 Å². The quantitative estimate of drug-likeness (QED) is 0.890. The fourth-order valence-corrected chi connectivity index (χ4v) is 2.53. The van der Waals surface area contributed by atoms with Crippen molar-refractivity contribution in [1.82, 2.24) is 0 Å². The minimum atomic E-state index is -1.09. The van der Waals surface area contributed by atoms with Gasteiger partial charge in [-0.15, -0.1) is 0 Å². The molecule has 0 saturated carbocycles. The van der Waals surface area contributed by atoms with Crippen molar-refractivity contribution < 1.29 is 14.6 Å². The highest BCUT2D eigenvalue weighted by Crippen LogP contribution is 2.32. The van der Waals surface area contributed by atoms with Gasteiger partial charge in [0.05, 0.1) is 13.2 Å². The lowest BCUT2D eigenvalue weighted by Crippen LogP contribution is -2.38. The van der Waals surface area contributed by atoms with Crippen LogP contribution in [0.25, 0.3) is 0 Å². The molecule has 0 heterocycles. The smallest absolute Gasteiger partial charge is 0.127 e. The molecule has 4 heteroatoms. The highest BCUT2D eigenvalue weighted by Gasteiger charge is 2.34. The van der Waals surface area contributed by atoms with Crippen molar-refractivity contribution >= 4 is 11.6 Å². The first-order chi connectivity index (χ1) is 9.63. The minimum Gasteiger partial charge on any atom is -0.395 e. The van der Waals surface area contributed by atoms with Gasteiger partial charge in [-0.1, -0.05) is 48.0 Å². The van der Waals surface area contributed by atoms with Crippen molar-refractivity contribution in [2.45, 2.75) is 11.8 Å². The third-order valence-corrected chi connectivity index (χ3v) is 3.91. The Morgan fingerprint density at radius 3 is 2.15 bits per heavy atom. The van der Waals surface area contributed by atoms with Gasteiger partial charge in [-0.25, -0.2) is 4.39 Å². The van der Waals surface area contributed by atoms with E-state index in [0.717, 1.165) is 5.56 Å². The van der Waals surface area contributed by atoms with E-state index in [1.165, 1.54) is 6.07 Å². The van der Waals surface area contributed by atoms with Crippen LogP contribution in [-0.4, -0.2) is 23.4 Å².